The molecule has 0 fully saturated rings. The standard InChI is InChI=1S/C7H5BrF3NO/c1-13-6-5(7(9,10)11)2-4(8)3-12-6/h2-3H,1H3. The zero-order valence-electron chi connectivity index (χ0n) is 6.52. The van der Waals surface area contributed by atoms with E-state index in [-0.39, 0.29) is 4.47 Å². The van der Waals surface area contributed by atoms with E-state index in [2.05, 4.69) is 25.7 Å². The number of ether oxygens (including phenoxy) is 1. The van der Waals surface area contributed by atoms with Crippen molar-refractivity contribution in [2.45, 2.75) is 6.18 Å². The third-order valence-electron chi connectivity index (χ3n) is 1.32. The number of aromatic nitrogens is 1. The normalized spacial score (nSPS) is 11.5. The second kappa shape index (κ2) is 3.53. The van der Waals surface area contributed by atoms with Crippen molar-refractivity contribution in [2.75, 3.05) is 7.11 Å². The third-order valence-corrected chi connectivity index (χ3v) is 1.75. The number of nitrogens with zero attached hydrogens (tertiary/aromatic N) is 1. The zero-order chi connectivity index (χ0) is 10.1. The maximum atomic E-state index is 12.3. The van der Waals surface area contributed by atoms with E-state index in [9.17, 15) is 13.2 Å². The molecule has 2 nitrogen and oxygen atoms in total. The Morgan fingerprint density at radius 1 is 1.46 bits per heavy atom. The number of pyridine rings is 1. The quantitative estimate of drug-likeness (QED) is 0.770. The molecule has 0 amide bonds. The molecule has 0 saturated carbocycles. The maximum absolute atomic E-state index is 12.3. The van der Waals surface area contributed by atoms with Crippen molar-refractivity contribution in [3.05, 3.63) is 22.3 Å². The van der Waals surface area contributed by atoms with E-state index < -0.39 is 17.6 Å². The van der Waals surface area contributed by atoms with Crippen LogP contribution in [-0.2, 0) is 6.18 Å². The molecule has 1 aromatic rings. The van der Waals surface area contributed by atoms with Gasteiger partial charge in [-0.1, -0.05) is 0 Å². The van der Waals surface area contributed by atoms with Gasteiger partial charge in [0.25, 0.3) is 0 Å². The van der Waals surface area contributed by atoms with E-state index in [4.69, 9.17) is 0 Å². The van der Waals surface area contributed by atoms with Gasteiger partial charge in [0.05, 0.1) is 7.11 Å². The summed E-state index contributed by atoms with van der Waals surface area (Å²) in [5, 5.41) is 0. The van der Waals surface area contributed by atoms with Crippen molar-refractivity contribution in [2.24, 2.45) is 0 Å². The van der Waals surface area contributed by atoms with Crippen LogP contribution in [0.5, 0.6) is 5.88 Å². The highest BCUT2D eigenvalue weighted by Gasteiger charge is 2.35. The summed E-state index contributed by atoms with van der Waals surface area (Å²) in [6.45, 7) is 0. The molecule has 72 valence electrons. The molecule has 6 heteroatoms. The molecule has 0 spiro atoms. The van der Waals surface area contributed by atoms with Gasteiger partial charge in [0.2, 0.25) is 5.88 Å². The largest absolute Gasteiger partial charge is 0.481 e. The average molecular weight is 256 g/mol. The Labute approximate surface area is 80.9 Å². The summed E-state index contributed by atoms with van der Waals surface area (Å²) in [6.07, 6.45) is -3.20. The predicted molar refractivity (Wildman–Crippen MR) is 43.5 cm³/mol. The van der Waals surface area contributed by atoms with Gasteiger partial charge >= 0.3 is 6.18 Å². The highest BCUT2D eigenvalue weighted by atomic mass is 79.9. The highest BCUT2D eigenvalue weighted by Crippen LogP contribution is 2.35. The van der Waals surface area contributed by atoms with E-state index in [1.54, 1.807) is 0 Å². The van der Waals surface area contributed by atoms with Crippen molar-refractivity contribution < 1.29 is 17.9 Å². The topological polar surface area (TPSA) is 22.1 Å². The average Bonchev–Trinajstić information content (AvgIpc) is 2.03. The van der Waals surface area contributed by atoms with Gasteiger partial charge in [0, 0.05) is 10.7 Å². The van der Waals surface area contributed by atoms with Gasteiger partial charge in [-0.15, -0.1) is 0 Å². The van der Waals surface area contributed by atoms with Gasteiger partial charge in [-0.2, -0.15) is 13.2 Å². The first-order chi connectivity index (χ1) is 5.95. The number of hydrogen-bond donors (Lipinski definition) is 0. The molecule has 0 aliphatic heterocycles. The van der Waals surface area contributed by atoms with Crippen molar-refractivity contribution in [1.29, 1.82) is 0 Å². The van der Waals surface area contributed by atoms with Gasteiger partial charge in [0.15, 0.2) is 0 Å². The minimum absolute atomic E-state index is 0.264. The number of rotatable bonds is 1. The maximum Gasteiger partial charge on any atom is 0.421 e. The van der Waals surface area contributed by atoms with Crippen molar-refractivity contribution >= 4 is 15.9 Å². The van der Waals surface area contributed by atoms with E-state index in [0.29, 0.717) is 0 Å². The molecule has 0 aliphatic rings. The third kappa shape index (κ3) is 2.33. The number of halogens is 4. The van der Waals surface area contributed by atoms with Crippen LogP contribution in [0.3, 0.4) is 0 Å². The fourth-order valence-corrected chi connectivity index (χ4v) is 1.12. The van der Waals surface area contributed by atoms with Crippen LogP contribution in [0.25, 0.3) is 0 Å². The van der Waals surface area contributed by atoms with E-state index in [0.717, 1.165) is 13.2 Å². The monoisotopic (exact) mass is 255 g/mol. The molecule has 0 aliphatic carbocycles. The molecule has 0 saturated heterocycles. The lowest BCUT2D eigenvalue weighted by Gasteiger charge is -2.10. The summed E-state index contributed by atoms with van der Waals surface area (Å²) in [4.78, 5) is 3.47. The predicted octanol–water partition coefficient (Wildman–Crippen LogP) is 2.87. The van der Waals surface area contributed by atoms with Gasteiger partial charge in [0.1, 0.15) is 5.56 Å². The molecular formula is C7H5BrF3NO. The number of hydrogen-bond acceptors (Lipinski definition) is 2. The molecule has 0 bridgehead atoms. The summed E-state index contributed by atoms with van der Waals surface area (Å²) in [7, 11) is 1.14. The number of alkyl halides is 3. The second-order valence-corrected chi connectivity index (χ2v) is 3.12. The van der Waals surface area contributed by atoms with Crippen molar-refractivity contribution in [1.82, 2.24) is 4.98 Å². The minimum atomic E-state index is -4.44. The summed E-state index contributed by atoms with van der Waals surface area (Å²) in [5.74, 6) is -0.421. The Bertz CT molecular complexity index is 313. The van der Waals surface area contributed by atoms with Crippen LogP contribution in [0.2, 0.25) is 0 Å². The van der Waals surface area contributed by atoms with Crippen molar-refractivity contribution in [3.8, 4) is 5.88 Å². The summed E-state index contributed by atoms with van der Waals surface area (Å²) >= 11 is 2.90. The van der Waals surface area contributed by atoms with Crippen LogP contribution in [0, 0.1) is 0 Å². The van der Waals surface area contributed by atoms with Gasteiger partial charge in [-0.25, -0.2) is 4.98 Å². The smallest absolute Gasteiger partial charge is 0.421 e. The molecule has 1 rings (SSSR count). The van der Waals surface area contributed by atoms with Gasteiger partial charge in [-0.3, -0.25) is 0 Å². The Balaban J connectivity index is 3.24. The van der Waals surface area contributed by atoms with Gasteiger partial charge < -0.3 is 4.74 Å². The highest BCUT2D eigenvalue weighted by molar-refractivity contribution is 9.10. The van der Waals surface area contributed by atoms with E-state index >= 15 is 0 Å². The molecular weight excluding hydrogens is 251 g/mol. The van der Waals surface area contributed by atoms with Crippen LogP contribution in [0.4, 0.5) is 13.2 Å². The Morgan fingerprint density at radius 3 is 2.54 bits per heavy atom. The first-order valence-electron chi connectivity index (χ1n) is 3.22. The molecule has 0 unspecified atom stereocenters. The van der Waals surface area contributed by atoms with Crippen LogP contribution in [-0.4, -0.2) is 12.1 Å². The van der Waals surface area contributed by atoms with Crippen LogP contribution < -0.4 is 4.74 Å². The fraction of sp³-hybridized carbons (Fsp3) is 0.286. The van der Waals surface area contributed by atoms with Crippen LogP contribution in [0.1, 0.15) is 5.56 Å². The summed E-state index contributed by atoms with van der Waals surface area (Å²) < 4.78 is 41.6. The van der Waals surface area contributed by atoms with Gasteiger partial charge in [-0.05, 0) is 22.0 Å². The fourth-order valence-electron chi connectivity index (χ4n) is 0.792. The van der Waals surface area contributed by atoms with E-state index in [1.165, 1.54) is 6.20 Å². The Kier molecular flexibility index (Phi) is 2.80. The lowest BCUT2D eigenvalue weighted by molar-refractivity contribution is -0.139. The second-order valence-electron chi connectivity index (χ2n) is 2.21. The molecule has 1 aromatic heterocycles. The zero-order valence-corrected chi connectivity index (χ0v) is 8.11. The SMILES string of the molecule is COc1ncc(Br)cc1C(F)(F)F. The minimum Gasteiger partial charge on any atom is -0.481 e. The molecule has 1 heterocycles. The van der Waals surface area contributed by atoms with Crippen molar-refractivity contribution in [3.63, 3.8) is 0 Å². The van der Waals surface area contributed by atoms with Crippen LogP contribution >= 0.6 is 15.9 Å². The van der Waals surface area contributed by atoms with E-state index in [1.807, 2.05) is 0 Å². The molecule has 0 atom stereocenters. The molecule has 0 N–H and O–H groups in total. The lowest BCUT2D eigenvalue weighted by atomic mass is 10.2. The first-order valence-corrected chi connectivity index (χ1v) is 4.01. The molecule has 0 aromatic carbocycles. The molecule has 0 radical (unpaired) electrons. The number of methoxy groups -OCH3 is 1. The molecule has 13 heavy (non-hydrogen) atoms. The summed E-state index contributed by atoms with van der Waals surface area (Å²) in [6, 6.07) is 0.922. The lowest BCUT2D eigenvalue weighted by Crippen LogP contribution is -2.08. The Hall–Kier alpha value is -0.780. The summed E-state index contributed by atoms with van der Waals surface area (Å²) in [5.41, 5.74) is -0.885. The Morgan fingerprint density at radius 2 is 2.08 bits per heavy atom. The van der Waals surface area contributed by atoms with Crippen LogP contribution in [0.15, 0.2) is 16.7 Å². The first kappa shape index (κ1) is 10.3.